The summed E-state index contributed by atoms with van der Waals surface area (Å²) in [5, 5.41) is 14.8. The Morgan fingerprint density at radius 1 is 0.889 bits per heavy atom. The van der Waals surface area contributed by atoms with Gasteiger partial charge in [0.2, 0.25) is 0 Å². The topological polar surface area (TPSA) is 77.2 Å². The molecule has 1 heterocycles. The zero-order chi connectivity index (χ0) is 25.1. The molecule has 0 saturated heterocycles. The molecule has 4 aromatic carbocycles. The van der Waals surface area contributed by atoms with Gasteiger partial charge in [0.05, 0.1) is 11.0 Å². The van der Waals surface area contributed by atoms with Gasteiger partial charge in [-0.15, -0.1) is 0 Å². The molecule has 6 nitrogen and oxygen atoms in total. The number of fused-ring (bicyclic) bond motifs is 1. The normalized spacial score (nSPS) is 11.8. The van der Waals surface area contributed by atoms with Crippen LogP contribution in [0.1, 0.15) is 34.5 Å². The molecule has 178 valence electrons. The van der Waals surface area contributed by atoms with E-state index >= 15 is 0 Å². The molecule has 1 aromatic heterocycles. The van der Waals surface area contributed by atoms with Crippen LogP contribution in [0, 0.1) is 10.1 Å². The lowest BCUT2D eigenvalue weighted by Gasteiger charge is -2.14. The second-order valence-corrected chi connectivity index (χ2v) is 8.82. The van der Waals surface area contributed by atoms with Gasteiger partial charge in [-0.05, 0) is 53.4 Å². The molecule has 0 saturated carbocycles. The maximum atomic E-state index is 12.9. The van der Waals surface area contributed by atoms with Crippen molar-refractivity contribution in [3.8, 4) is 11.1 Å². The Labute approximate surface area is 209 Å². The number of nitrogens with zero attached hydrogens (tertiary/aromatic N) is 2. The van der Waals surface area contributed by atoms with E-state index in [1.54, 1.807) is 12.1 Å². The van der Waals surface area contributed by atoms with Crippen molar-refractivity contribution in [2.45, 2.75) is 19.5 Å². The fourth-order valence-electron chi connectivity index (χ4n) is 4.36. The third-order valence-corrected chi connectivity index (χ3v) is 6.40. The zero-order valence-corrected chi connectivity index (χ0v) is 19.8. The summed E-state index contributed by atoms with van der Waals surface area (Å²) in [6.07, 6.45) is 2.04. The van der Waals surface area contributed by atoms with Crippen molar-refractivity contribution in [1.82, 2.24) is 9.88 Å². The summed E-state index contributed by atoms with van der Waals surface area (Å²) in [5.41, 5.74) is 6.05. The Kier molecular flexibility index (Phi) is 6.33. The van der Waals surface area contributed by atoms with Gasteiger partial charge < -0.3 is 9.88 Å². The molecule has 0 fully saturated rings. The predicted molar refractivity (Wildman–Crippen MR) is 142 cm³/mol. The predicted octanol–water partition coefficient (Wildman–Crippen LogP) is 6.76. The van der Waals surface area contributed by atoms with E-state index < -0.39 is 4.92 Å². The summed E-state index contributed by atoms with van der Waals surface area (Å²) < 4.78 is 2.17. The fourth-order valence-corrected chi connectivity index (χ4v) is 4.36. The summed E-state index contributed by atoms with van der Waals surface area (Å²) in [6, 6.07) is 32.5. The zero-order valence-electron chi connectivity index (χ0n) is 19.8. The number of non-ortho nitro benzene ring substituents is 1. The van der Waals surface area contributed by atoms with Gasteiger partial charge in [0.1, 0.15) is 0 Å². The first-order chi connectivity index (χ1) is 17.5. The highest BCUT2D eigenvalue weighted by molar-refractivity contribution is 5.98. The molecule has 0 spiro atoms. The number of aromatic nitrogens is 1. The standard InChI is InChI=1S/C30H25N3O3/c1-21(23-11-14-28(15-12-23)33(35)36)31-30(34)27-13-16-29-26(19-27)17-18-32(29)20-22-7-9-25(10-8-22)24-5-3-2-4-6-24/h2-19,21H,20H2,1H3,(H,31,34). The second-order valence-electron chi connectivity index (χ2n) is 8.82. The smallest absolute Gasteiger partial charge is 0.269 e. The summed E-state index contributed by atoms with van der Waals surface area (Å²) >= 11 is 0. The number of amides is 1. The summed E-state index contributed by atoms with van der Waals surface area (Å²) in [7, 11) is 0. The first-order valence-electron chi connectivity index (χ1n) is 11.8. The highest BCUT2D eigenvalue weighted by Gasteiger charge is 2.14. The summed E-state index contributed by atoms with van der Waals surface area (Å²) in [4.78, 5) is 23.3. The Hall–Kier alpha value is -4.71. The highest BCUT2D eigenvalue weighted by Crippen LogP contribution is 2.23. The Balaban J connectivity index is 1.28. The average molecular weight is 476 g/mol. The third kappa shape index (κ3) is 4.88. The quantitative estimate of drug-likeness (QED) is 0.209. The first kappa shape index (κ1) is 23.1. The molecule has 1 amide bonds. The molecule has 1 atom stereocenters. The van der Waals surface area contributed by atoms with Crippen LogP contribution in [0.15, 0.2) is 109 Å². The number of nitro groups is 1. The van der Waals surface area contributed by atoms with Gasteiger partial charge in [-0.2, -0.15) is 0 Å². The van der Waals surface area contributed by atoms with Crippen molar-refractivity contribution in [1.29, 1.82) is 0 Å². The molecular formula is C30H25N3O3. The second kappa shape index (κ2) is 9.88. The lowest BCUT2D eigenvalue weighted by molar-refractivity contribution is -0.384. The number of nitrogens with one attached hydrogen (secondary N) is 1. The van der Waals surface area contributed by atoms with Crippen molar-refractivity contribution in [2.75, 3.05) is 0 Å². The van der Waals surface area contributed by atoms with E-state index in [1.165, 1.54) is 28.8 Å². The number of carbonyl (C=O) groups excluding carboxylic acids is 1. The van der Waals surface area contributed by atoms with E-state index in [-0.39, 0.29) is 17.6 Å². The largest absolute Gasteiger partial charge is 0.346 e. The van der Waals surface area contributed by atoms with Gasteiger partial charge in [0, 0.05) is 41.3 Å². The van der Waals surface area contributed by atoms with Crippen molar-refractivity contribution >= 4 is 22.5 Å². The molecule has 1 N–H and O–H groups in total. The van der Waals surface area contributed by atoms with Crippen LogP contribution in [0.3, 0.4) is 0 Å². The average Bonchev–Trinajstić information content (AvgIpc) is 3.31. The lowest BCUT2D eigenvalue weighted by Crippen LogP contribution is -2.26. The Morgan fingerprint density at radius 3 is 2.28 bits per heavy atom. The molecule has 36 heavy (non-hydrogen) atoms. The molecule has 0 radical (unpaired) electrons. The number of carbonyl (C=O) groups is 1. The molecule has 0 aliphatic heterocycles. The molecule has 0 aliphatic rings. The SMILES string of the molecule is CC(NC(=O)c1ccc2c(ccn2Cc2ccc(-c3ccccc3)cc2)c1)c1ccc([N+](=O)[O-])cc1. The number of nitro benzene ring substituents is 1. The van der Waals surface area contributed by atoms with E-state index in [1.807, 2.05) is 55.6 Å². The molecule has 0 aliphatic carbocycles. The van der Waals surface area contributed by atoms with Crippen molar-refractivity contribution in [3.63, 3.8) is 0 Å². The third-order valence-electron chi connectivity index (χ3n) is 6.40. The first-order valence-corrected chi connectivity index (χ1v) is 11.8. The van der Waals surface area contributed by atoms with Crippen LogP contribution in [0.25, 0.3) is 22.0 Å². The van der Waals surface area contributed by atoms with E-state index in [2.05, 4.69) is 46.3 Å². The van der Waals surface area contributed by atoms with E-state index in [0.717, 1.165) is 23.0 Å². The van der Waals surface area contributed by atoms with Crippen LogP contribution in [-0.4, -0.2) is 15.4 Å². The maximum absolute atomic E-state index is 12.9. The van der Waals surface area contributed by atoms with Gasteiger partial charge in [0.25, 0.3) is 11.6 Å². The lowest BCUT2D eigenvalue weighted by atomic mass is 10.0. The van der Waals surface area contributed by atoms with Crippen LogP contribution >= 0.6 is 0 Å². The van der Waals surface area contributed by atoms with Crippen LogP contribution < -0.4 is 5.32 Å². The van der Waals surface area contributed by atoms with Crippen LogP contribution in [0.5, 0.6) is 0 Å². The Morgan fingerprint density at radius 2 is 1.58 bits per heavy atom. The highest BCUT2D eigenvalue weighted by atomic mass is 16.6. The minimum absolute atomic E-state index is 0.0272. The van der Waals surface area contributed by atoms with E-state index in [0.29, 0.717) is 5.56 Å². The van der Waals surface area contributed by atoms with Crippen LogP contribution in [-0.2, 0) is 6.54 Å². The van der Waals surface area contributed by atoms with Crippen LogP contribution in [0.2, 0.25) is 0 Å². The monoisotopic (exact) mass is 475 g/mol. The number of benzene rings is 4. The van der Waals surface area contributed by atoms with Crippen LogP contribution in [0.4, 0.5) is 5.69 Å². The fraction of sp³-hybridized carbons (Fsp3) is 0.100. The number of hydrogen-bond donors (Lipinski definition) is 1. The molecular weight excluding hydrogens is 450 g/mol. The molecule has 6 heteroatoms. The van der Waals surface area contributed by atoms with Gasteiger partial charge in [0.15, 0.2) is 0 Å². The van der Waals surface area contributed by atoms with Gasteiger partial charge in [-0.1, -0.05) is 66.7 Å². The van der Waals surface area contributed by atoms with Crippen molar-refractivity contribution in [3.05, 3.63) is 136 Å². The molecule has 1 unspecified atom stereocenters. The Bertz CT molecular complexity index is 1520. The van der Waals surface area contributed by atoms with Gasteiger partial charge in [-0.25, -0.2) is 0 Å². The maximum Gasteiger partial charge on any atom is 0.269 e. The summed E-state index contributed by atoms with van der Waals surface area (Å²) in [6.45, 7) is 2.60. The minimum Gasteiger partial charge on any atom is -0.346 e. The molecule has 5 aromatic rings. The van der Waals surface area contributed by atoms with Gasteiger partial charge in [-0.3, -0.25) is 14.9 Å². The number of rotatable bonds is 7. The number of hydrogen-bond acceptors (Lipinski definition) is 3. The van der Waals surface area contributed by atoms with E-state index in [4.69, 9.17) is 0 Å². The van der Waals surface area contributed by atoms with Crippen molar-refractivity contribution < 1.29 is 9.72 Å². The van der Waals surface area contributed by atoms with Crippen molar-refractivity contribution in [2.24, 2.45) is 0 Å². The molecule has 5 rings (SSSR count). The van der Waals surface area contributed by atoms with Gasteiger partial charge >= 0.3 is 0 Å². The summed E-state index contributed by atoms with van der Waals surface area (Å²) in [5.74, 6) is -0.188. The minimum atomic E-state index is -0.436. The van der Waals surface area contributed by atoms with E-state index in [9.17, 15) is 14.9 Å². The molecule has 0 bridgehead atoms.